The van der Waals surface area contributed by atoms with Gasteiger partial charge < -0.3 is 5.32 Å². The zero-order chi connectivity index (χ0) is 15.0. The number of benzene rings is 2. The van der Waals surface area contributed by atoms with Gasteiger partial charge in [-0.15, -0.1) is 0 Å². The number of hydrogen-bond donors (Lipinski definition) is 1. The third-order valence-electron chi connectivity index (χ3n) is 4.01. The maximum Gasteiger partial charge on any atom is 0.252 e. The number of hydrogen-bond acceptors (Lipinski definition) is 2. The fourth-order valence-electron chi connectivity index (χ4n) is 2.88. The van der Waals surface area contributed by atoms with Crippen LogP contribution in [0.1, 0.15) is 45.2 Å². The maximum atomic E-state index is 12.5. The first-order chi connectivity index (χ1) is 9.99. The summed E-state index contributed by atoms with van der Waals surface area (Å²) in [5.74, 6) is -0.0684. The van der Waals surface area contributed by atoms with Crippen LogP contribution in [-0.2, 0) is 5.54 Å². The molecule has 1 N–H and O–H groups in total. The van der Waals surface area contributed by atoms with E-state index in [2.05, 4.69) is 5.32 Å². The monoisotopic (exact) mass is 279 g/mol. The molecule has 2 aromatic carbocycles. The number of nitrogens with one attached hydrogen (secondary N) is 1. The van der Waals surface area contributed by atoms with E-state index >= 15 is 0 Å². The van der Waals surface area contributed by atoms with Crippen LogP contribution in [0.5, 0.6) is 0 Å². The molecule has 1 aliphatic heterocycles. The first-order valence-electron chi connectivity index (χ1n) is 7.01. The summed E-state index contributed by atoms with van der Waals surface area (Å²) in [4.78, 5) is 24.5. The predicted molar refractivity (Wildman–Crippen MR) is 81.4 cm³/mol. The van der Waals surface area contributed by atoms with Gasteiger partial charge in [-0.05, 0) is 25.5 Å². The topological polar surface area (TPSA) is 46.2 Å². The second kappa shape index (κ2) is 4.85. The van der Waals surface area contributed by atoms with Crippen LogP contribution >= 0.6 is 0 Å². The Balaban J connectivity index is 1.95. The molecule has 3 heteroatoms. The molecule has 1 atom stereocenters. The molecule has 0 fully saturated rings. The first-order valence-corrected chi connectivity index (χ1v) is 7.01. The minimum Gasteiger partial charge on any atom is -0.342 e. The molecule has 2 aromatic rings. The van der Waals surface area contributed by atoms with Crippen LogP contribution in [0.15, 0.2) is 48.5 Å². The number of Topliss-reactive ketones (excluding diaryl/α,β-unsaturated/α-hetero) is 1. The lowest BCUT2D eigenvalue weighted by atomic mass is 9.85. The molecule has 3 rings (SSSR count). The molecule has 1 heterocycles. The van der Waals surface area contributed by atoms with Crippen LogP contribution in [0, 0.1) is 6.92 Å². The van der Waals surface area contributed by atoms with Crippen molar-refractivity contribution in [1.29, 1.82) is 0 Å². The number of fused-ring (bicyclic) bond motifs is 1. The lowest BCUT2D eigenvalue weighted by molar-refractivity contribution is 0.0894. The Labute approximate surface area is 124 Å². The number of amides is 1. The highest BCUT2D eigenvalue weighted by Crippen LogP contribution is 2.35. The molecule has 0 saturated carbocycles. The lowest BCUT2D eigenvalue weighted by Crippen LogP contribution is -2.38. The van der Waals surface area contributed by atoms with Crippen LogP contribution in [0.4, 0.5) is 0 Å². The van der Waals surface area contributed by atoms with E-state index < -0.39 is 5.54 Å². The number of aryl methyl sites for hydroxylation is 1. The molecule has 1 aliphatic rings. The Kier molecular flexibility index (Phi) is 3.13. The van der Waals surface area contributed by atoms with Gasteiger partial charge in [-0.25, -0.2) is 0 Å². The van der Waals surface area contributed by atoms with Crippen molar-refractivity contribution in [3.05, 3.63) is 70.8 Å². The first kappa shape index (κ1) is 13.6. The molecule has 0 aliphatic carbocycles. The number of ketones is 1. The lowest BCUT2D eigenvalue weighted by Gasteiger charge is -2.25. The Morgan fingerprint density at radius 3 is 2.57 bits per heavy atom. The summed E-state index contributed by atoms with van der Waals surface area (Å²) in [5, 5.41) is 2.96. The quantitative estimate of drug-likeness (QED) is 0.877. The van der Waals surface area contributed by atoms with Gasteiger partial charge in [0.1, 0.15) is 0 Å². The van der Waals surface area contributed by atoms with Gasteiger partial charge in [0.25, 0.3) is 5.91 Å². The molecule has 0 unspecified atom stereocenters. The molecule has 0 aromatic heterocycles. The van der Waals surface area contributed by atoms with Gasteiger partial charge in [0.2, 0.25) is 0 Å². The average molecular weight is 279 g/mol. The van der Waals surface area contributed by atoms with Crippen molar-refractivity contribution in [3.63, 3.8) is 0 Å². The summed E-state index contributed by atoms with van der Waals surface area (Å²) in [6, 6.07) is 14.9. The van der Waals surface area contributed by atoms with E-state index in [1.54, 1.807) is 12.1 Å². The molecular formula is C18H17NO2. The van der Waals surface area contributed by atoms with Crippen molar-refractivity contribution < 1.29 is 9.59 Å². The van der Waals surface area contributed by atoms with E-state index in [9.17, 15) is 9.59 Å². The summed E-state index contributed by atoms with van der Waals surface area (Å²) in [6.07, 6.45) is 0.263. The minimum absolute atomic E-state index is 0.0350. The Bertz CT molecular complexity index is 721. The highest BCUT2D eigenvalue weighted by molar-refractivity contribution is 6.03. The van der Waals surface area contributed by atoms with Crippen molar-refractivity contribution >= 4 is 11.7 Å². The normalized spacial score (nSPS) is 20.0. The maximum absolute atomic E-state index is 12.5. The van der Waals surface area contributed by atoms with Gasteiger partial charge >= 0.3 is 0 Å². The van der Waals surface area contributed by atoms with E-state index in [4.69, 9.17) is 0 Å². The Morgan fingerprint density at radius 1 is 1.14 bits per heavy atom. The fourth-order valence-corrected chi connectivity index (χ4v) is 2.88. The van der Waals surface area contributed by atoms with Crippen LogP contribution < -0.4 is 5.32 Å². The van der Waals surface area contributed by atoms with Gasteiger partial charge in [-0.3, -0.25) is 9.59 Å². The summed E-state index contributed by atoms with van der Waals surface area (Å²) in [7, 11) is 0. The van der Waals surface area contributed by atoms with Gasteiger partial charge in [0, 0.05) is 17.5 Å². The zero-order valence-corrected chi connectivity index (χ0v) is 12.1. The summed E-state index contributed by atoms with van der Waals surface area (Å²) >= 11 is 0. The molecule has 3 nitrogen and oxygen atoms in total. The molecule has 21 heavy (non-hydrogen) atoms. The van der Waals surface area contributed by atoms with Gasteiger partial charge in [0.15, 0.2) is 5.78 Å². The largest absolute Gasteiger partial charge is 0.342 e. The summed E-state index contributed by atoms with van der Waals surface area (Å²) < 4.78 is 0. The van der Waals surface area contributed by atoms with Crippen molar-refractivity contribution in [2.24, 2.45) is 0 Å². The molecule has 0 bridgehead atoms. The predicted octanol–water partition coefficient (Wildman–Crippen LogP) is 3.23. The molecule has 0 saturated heterocycles. The highest BCUT2D eigenvalue weighted by Gasteiger charge is 2.40. The van der Waals surface area contributed by atoms with Gasteiger partial charge in [0.05, 0.1) is 5.54 Å². The molecule has 106 valence electrons. The van der Waals surface area contributed by atoms with Gasteiger partial charge in [-0.2, -0.15) is 0 Å². The average Bonchev–Trinajstić information content (AvgIpc) is 2.71. The third-order valence-corrected chi connectivity index (χ3v) is 4.01. The van der Waals surface area contributed by atoms with Crippen LogP contribution in [0.2, 0.25) is 0 Å². The van der Waals surface area contributed by atoms with E-state index in [-0.39, 0.29) is 18.1 Å². The second-order valence-corrected chi connectivity index (χ2v) is 5.80. The van der Waals surface area contributed by atoms with Crippen molar-refractivity contribution in [2.75, 3.05) is 0 Å². The zero-order valence-electron chi connectivity index (χ0n) is 12.1. The molecule has 0 spiro atoms. The van der Waals surface area contributed by atoms with E-state index in [1.807, 2.05) is 50.2 Å². The fraction of sp³-hybridized carbons (Fsp3) is 0.222. The second-order valence-electron chi connectivity index (χ2n) is 5.80. The highest BCUT2D eigenvalue weighted by atomic mass is 16.2. The van der Waals surface area contributed by atoms with E-state index in [0.717, 1.165) is 11.1 Å². The summed E-state index contributed by atoms with van der Waals surface area (Å²) in [6.45, 7) is 3.90. The molecular weight excluding hydrogens is 262 g/mol. The Hall–Kier alpha value is -2.42. The number of carbonyl (C=O) groups is 2. The standard InChI is InChI=1S/C18H17NO2/c1-12-8-9-14-15(10-12)18(2,19-17(14)21)11-16(20)13-6-4-3-5-7-13/h3-10H,11H2,1-2H3,(H,19,21)/t18-/m0/s1. The number of carbonyl (C=O) groups excluding carboxylic acids is 2. The van der Waals surface area contributed by atoms with Crippen molar-refractivity contribution in [2.45, 2.75) is 25.8 Å². The van der Waals surface area contributed by atoms with Crippen LogP contribution in [0.3, 0.4) is 0 Å². The SMILES string of the molecule is Cc1ccc2c(c1)[C@](C)(CC(=O)c1ccccc1)NC2=O. The van der Waals surface area contributed by atoms with Crippen LogP contribution in [0.25, 0.3) is 0 Å². The smallest absolute Gasteiger partial charge is 0.252 e. The number of rotatable bonds is 3. The Morgan fingerprint density at radius 2 is 1.86 bits per heavy atom. The van der Waals surface area contributed by atoms with E-state index in [1.165, 1.54) is 0 Å². The summed E-state index contributed by atoms with van der Waals surface area (Å²) in [5.41, 5.74) is 2.71. The third kappa shape index (κ3) is 2.35. The minimum atomic E-state index is -0.634. The van der Waals surface area contributed by atoms with E-state index in [0.29, 0.717) is 11.1 Å². The van der Waals surface area contributed by atoms with Crippen LogP contribution in [-0.4, -0.2) is 11.7 Å². The van der Waals surface area contributed by atoms with Gasteiger partial charge in [-0.1, -0.05) is 48.0 Å². The molecule has 0 radical (unpaired) electrons. The van der Waals surface area contributed by atoms with Crippen molar-refractivity contribution in [3.8, 4) is 0 Å². The molecule has 1 amide bonds. The van der Waals surface area contributed by atoms with Crippen molar-refractivity contribution in [1.82, 2.24) is 5.32 Å².